The number of hydrogen-bond acceptors (Lipinski definition) is 4. The first-order chi connectivity index (χ1) is 16.0. The molecule has 5 rings (SSSR count). The van der Waals surface area contributed by atoms with E-state index in [-0.39, 0.29) is 24.3 Å². The Kier molecular flexibility index (Phi) is 4.90. The minimum absolute atomic E-state index is 0.203. The molecule has 2 N–H and O–H groups in total. The van der Waals surface area contributed by atoms with Crippen molar-refractivity contribution in [3.8, 4) is 0 Å². The number of fused-ring (bicyclic) bond motifs is 5. The third-order valence-electron chi connectivity index (χ3n) is 5.85. The molecule has 0 fully saturated rings. The summed E-state index contributed by atoms with van der Waals surface area (Å²) < 4.78 is 0. The van der Waals surface area contributed by atoms with Crippen LogP contribution in [0.4, 0.5) is 11.4 Å². The first-order valence-electron chi connectivity index (χ1n) is 10.4. The summed E-state index contributed by atoms with van der Waals surface area (Å²) in [7, 11) is 1.54. The summed E-state index contributed by atoms with van der Waals surface area (Å²) >= 11 is 0. The van der Waals surface area contributed by atoms with Crippen LogP contribution in [-0.2, 0) is 4.79 Å². The highest BCUT2D eigenvalue weighted by Gasteiger charge is 2.48. The zero-order valence-corrected chi connectivity index (χ0v) is 17.7. The van der Waals surface area contributed by atoms with Crippen molar-refractivity contribution in [1.29, 1.82) is 0 Å². The van der Waals surface area contributed by atoms with E-state index in [1.54, 1.807) is 72.6 Å². The van der Waals surface area contributed by atoms with Crippen LogP contribution in [0, 0.1) is 0 Å². The normalized spacial score (nSPS) is 16.1. The van der Waals surface area contributed by atoms with Crippen LogP contribution in [0.1, 0.15) is 42.8 Å². The van der Waals surface area contributed by atoms with Crippen LogP contribution in [0.25, 0.3) is 0 Å². The predicted molar refractivity (Wildman–Crippen MR) is 122 cm³/mol. The topological polar surface area (TPSA) is 98.8 Å². The molecule has 3 aromatic rings. The zero-order valence-electron chi connectivity index (χ0n) is 17.7. The fourth-order valence-corrected chi connectivity index (χ4v) is 4.34. The monoisotopic (exact) mass is 440 g/mol. The summed E-state index contributed by atoms with van der Waals surface area (Å²) in [6, 6.07) is 20.5. The summed E-state index contributed by atoms with van der Waals surface area (Å²) in [4.78, 5) is 54.2. The van der Waals surface area contributed by atoms with Gasteiger partial charge in [0.1, 0.15) is 12.7 Å². The lowest BCUT2D eigenvalue weighted by Crippen LogP contribution is -2.50. The Labute approximate surface area is 189 Å². The Hall–Kier alpha value is -4.46. The van der Waals surface area contributed by atoms with Crippen LogP contribution < -0.4 is 15.5 Å². The van der Waals surface area contributed by atoms with Crippen molar-refractivity contribution in [2.24, 2.45) is 0 Å². The van der Waals surface area contributed by atoms with E-state index in [4.69, 9.17) is 0 Å². The molecular formula is C25H20N4O4. The van der Waals surface area contributed by atoms with Gasteiger partial charge >= 0.3 is 0 Å². The molecule has 164 valence electrons. The number of hydrogen-bond donors (Lipinski definition) is 2. The van der Waals surface area contributed by atoms with Gasteiger partial charge in [0.05, 0.1) is 11.3 Å². The summed E-state index contributed by atoms with van der Waals surface area (Å²) in [5.74, 6) is -1.16. The van der Waals surface area contributed by atoms with Crippen LogP contribution in [-0.4, -0.2) is 42.1 Å². The predicted octanol–water partition coefficient (Wildman–Crippen LogP) is 2.80. The van der Waals surface area contributed by atoms with Crippen LogP contribution in [0.2, 0.25) is 0 Å². The van der Waals surface area contributed by atoms with E-state index in [1.807, 2.05) is 12.1 Å². The van der Waals surface area contributed by atoms with Crippen molar-refractivity contribution in [2.75, 3.05) is 23.8 Å². The van der Waals surface area contributed by atoms with Crippen molar-refractivity contribution in [1.82, 2.24) is 10.2 Å². The van der Waals surface area contributed by atoms with E-state index in [1.165, 1.54) is 4.90 Å². The van der Waals surface area contributed by atoms with E-state index >= 15 is 0 Å². The molecule has 33 heavy (non-hydrogen) atoms. The number of amides is 4. The van der Waals surface area contributed by atoms with Crippen LogP contribution >= 0.6 is 0 Å². The minimum atomic E-state index is -0.697. The molecule has 3 aromatic carbocycles. The average molecular weight is 440 g/mol. The molecule has 0 unspecified atom stereocenters. The van der Waals surface area contributed by atoms with Gasteiger partial charge in [-0.15, -0.1) is 0 Å². The van der Waals surface area contributed by atoms with Gasteiger partial charge in [-0.05, 0) is 42.5 Å². The summed E-state index contributed by atoms with van der Waals surface area (Å²) in [6.45, 7) is -0.243. The van der Waals surface area contributed by atoms with Crippen LogP contribution in [0.5, 0.6) is 0 Å². The third kappa shape index (κ3) is 3.32. The van der Waals surface area contributed by atoms with Crippen molar-refractivity contribution in [3.63, 3.8) is 0 Å². The molecule has 8 nitrogen and oxygen atoms in total. The second kappa shape index (κ2) is 7.90. The second-order valence-corrected chi connectivity index (χ2v) is 7.79. The van der Waals surface area contributed by atoms with Gasteiger partial charge in [0, 0.05) is 29.4 Å². The smallest absolute Gasteiger partial charge is 0.260 e. The molecule has 0 aromatic heterocycles. The highest BCUT2D eigenvalue weighted by atomic mass is 16.2. The Morgan fingerprint density at radius 3 is 2.24 bits per heavy atom. The van der Waals surface area contributed by atoms with Gasteiger partial charge in [-0.3, -0.25) is 24.1 Å². The number of nitrogens with zero attached hydrogens (tertiary/aromatic N) is 2. The Balaban J connectivity index is 1.45. The van der Waals surface area contributed by atoms with E-state index in [2.05, 4.69) is 10.6 Å². The number of carbonyl (C=O) groups is 4. The molecule has 8 heteroatoms. The molecule has 0 radical (unpaired) electrons. The van der Waals surface area contributed by atoms with Gasteiger partial charge in [-0.2, -0.15) is 0 Å². The molecule has 2 heterocycles. The zero-order chi connectivity index (χ0) is 23.1. The molecule has 0 aliphatic carbocycles. The molecule has 4 amide bonds. The van der Waals surface area contributed by atoms with E-state index in [0.29, 0.717) is 33.6 Å². The fraction of sp³-hybridized carbons (Fsp3) is 0.120. The Morgan fingerprint density at radius 1 is 0.848 bits per heavy atom. The molecule has 2 aliphatic heterocycles. The maximum absolute atomic E-state index is 13.4. The number of nitrogens with one attached hydrogen (secondary N) is 2. The van der Waals surface area contributed by atoms with Gasteiger partial charge in [-0.1, -0.05) is 30.3 Å². The Bertz CT molecular complexity index is 1300. The van der Waals surface area contributed by atoms with Crippen LogP contribution in [0.3, 0.4) is 0 Å². The maximum atomic E-state index is 13.4. The molecule has 0 saturated carbocycles. The standard InChI is InChI=1S/C25H20N4O4/c1-26-22(31)15-10-12-16(13-11-15)27-21(30)14-28-23-17-6-2-3-7-18(17)25(33)29(23)20-9-5-4-8-19(20)24(28)32/h2-13,23H,14H2,1H3,(H,26,31)(H,27,30)/t23-/m0/s1. The number of rotatable bonds is 4. The SMILES string of the molecule is CNC(=O)c1ccc(NC(=O)CN2C(=O)c3ccccc3N3C(=O)c4ccccc4[C@@H]23)cc1. The first-order valence-corrected chi connectivity index (χ1v) is 10.4. The summed E-state index contributed by atoms with van der Waals surface area (Å²) in [5.41, 5.74) is 3.08. The first kappa shape index (κ1) is 20.4. The number of anilines is 2. The van der Waals surface area contributed by atoms with Crippen molar-refractivity contribution >= 4 is 35.0 Å². The molecule has 0 spiro atoms. The third-order valence-corrected chi connectivity index (χ3v) is 5.85. The van der Waals surface area contributed by atoms with Crippen molar-refractivity contribution in [3.05, 3.63) is 95.1 Å². The molecular weight excluding hydrogens is 420 g/mol. The highest BCUT2D eigenvalue weighted by molar-refractivity contribution is 6.17. The van der Waals surface area contributed by atoms with Gasteiger partial charge in [0.25, 0.3) is 17.7 Å². The lowest BCUT2D eigenvalue weighted by Gasteiger charge is -2.40. The van der Waals surface area contributed by atoms with E-state index in [0.717, 1.165) is 0 Å². The van der Waals surface area contributed by atoms with Crippen molar-refractivity contribution in [2.45, 2.75) is 6.17 Å². The number of para-hydroxylation sites is 1. The van der Waals surface area contributed by atoms with Crippen LogP contribution in [0.15, 0.2) is 72.8 Å². The quantitative estimate of drug-likeness (QED) is 0.652. The number of carbonyl (C=O) groups excluding carboxylic acids is 4. The summed E-state index contributed by atoms with van der Waals surface area (Å²) in [5, 5.41) is 5.30. The minimum Gasteiger partial charge on any atom is -0.355 e. The highest BCUT2D eigenvalue weighted by Crippen LogP contribution is 2.44. The molecule has 0 bridgehead atoms. The lowest BCUT2D eigenvalue weighted by molar-refractivity contribution is -0.117. The Morgan fingerprint density at radius 2 is 1.52 bits per heavy atom. The molecule has 1 atom stereocenters. The molecule has 0 saturated heterocycles. The molecule has 2 aliphatic rings. The second-order valence-electron chi connectivity index (χ2n) is 7.79. The van der Waals surface area contributed by atoms with E-state index in [9.17, 15) is 19.2 Å². The van der Waals surface area contributed by atoms with E-state index < -0.39 is 12.1 Å². The van der Waals surface area contributed by atoms with Gasteiger partial charge in [0.15, 0.2) is 0 Å². The summed E-state index contributed by atoms with van der Waals surface area (Å²) in [6.07, 6.45) is -0.697. The maximum Gasteiger partial charge on any atom is 0.260 e. The van der Waals surface area contributed by atoms with Crippen molar-refractivity contribution < 1.29 is 19.2 Å². The van der Waals surface area contributed by atoms with Gasteiger partial charge in [0.2, 0.25) is 5.91 Å². The fourth-order valence-electron chi connectivity index (χ4n) is 4.34. The van der Waals surface area contributed by atoms with Gasteiger partial charge in [-0.25, -0.2) is 0 Å². The van der Waals surface area contributed by atoms with Gasteiger partial charge < -0.3 is 15.5 Å². The average Bonchev–Trinajstić information content (AvgIpc) is 3.14. The number of benzene rings is 3. The lowest BCUT2D eigenvalue weighted by atomic mass is 10.0. The largest absolute Gasteiger partial charge is 0.355 e.